The molecule has 0 aliphatic heterocycles. The molecule has 1 rings (SSSR count). The topological polar surface area (TPSA) is 55.4 Å². The van der Waals surface area contributed by atoms with E-state index in [1.54, 1.807) is 12.1 Å². The van der Waals surface area contributed by atoms with Crippen molar-refractivity contribution in [2.75, 3.05) is 6.54 Å². The minimum Gasteiger partial charge on any atom is -0.447 e. The van der Waals surface area contributed by atoms with Gasteiger partial charge in [-0.3, -0.25) is 9.59 Å². The standard InChI is InChI=1S/C14H19NO3/c1-3-4-10-15-14(17)13(18-11(2)16)12-8-6-5-7-9-12/h5-9,13H,3-4,10H2,1-2H3,(H,15,17)/t13-/m0/s1. The zero-order valence-corrected chi connectivity index (χ0v) is 10.8. The van der Waals surface area contributed by atoms with Gasteiger partial charge in [-0.1, -0.05) is 43.7 Å². The molecule has 0 aliphatic rings. The molecule has 1 atom stereocenters. The van der Waals surface area contributed by atoms with Crippen LogP contribution in [0.5, 0.6) is 0 Å². The number of benzene rings is 1. The lowest BCUT2D eigenvalue weighted by molar-refractivity contribution is -0.154. The predicted molar refractivity (Wildman–Crippen MR) is 68.9 cm³/mol. The Morgan fingerprint density at radius 1 is 1.28 bits per heavy atom. The number of carbonyl (C=O) groups is 2. The molecular weight excluding hydrogens is 230 g/mol. The van der Waals surface area contributed by atoms with Crippen LogP contribution in [0.3, 0.4) is 0 Å². The SMILES string of the molecule is CCCCNC(=O)[C@@H](OC(C)=O)c1ccccc1. The van der Waals surface area contributed by atoms with Crippen LogP contribution in [0, 0.1) is 0 Å². The summed E-state index contributed by atoms with van der Waals surface area (Å²) in [4.78, 5) is 23.0. The minimum absolute atomic E-state index is 0.273. The molecular formula is C14H19NO3. The predicted octanol–water partition coefficient (Wildman–Crippen LogP) is 2.21. The molecule has 1 aromatic rings. The average molecular weight is 249 g/mol. The molecule has 0 saturated carbocycles. The fraction of sp³-hybridized carbons (Fsp3) is 0.429. The number of esters is 1. The molecule has 4 heteroatoms. The first-order valence-corrected chi connectivity index (χ1v) is 6.15. The van der Waals surface area contributed by atoms with Crippen molar-refractivity contribution in [3.05, 3.63) is 35.9 Å². The van der Waals surface area contributed by atoms with Crippen LogP contribution in [0.15, 0.2) is 30.3 Å². The van der Waals surface area contributed by atoms with Crippen LogP contribution >= 0.6 is 0 Å². The summed E-state index contributed by atoms with van der Waals surface area (Å²) in [6, 6.07) is 9.01. The molecule has 0 radical (unpaired) electrons. The van der Waals surface area contributed by atoms with Crippen molar-refractivity contribution in [3.8, 4) is 0 Å². The lowest BCUT2D eigenvalue weighted by atomic mass is 10.1. The Kier molecular flexibility index (Phi) is 5.91. The Balaban J connectivity index is 2.72. The molecule has 0 saturated heterocycles. The molecule has 0 bridgehead atoms. The highest BCUT2D eigenvalue weighted by Crippen LogP contribution is 2.17. The zero-order chi connectivity index (χ0) is 13.4. The fourth-order valence-corrected chi connectivity index (χ4v) is 1.55. The van der Waals surface area contributed by atoms with Gasteiger partial charge in [0.15, 0.2) is 0 Å². The number of unbranched alkanes of at least 4 members (excludes halogenated alkanes) is 1. The van der Waals surface area contributed by atoms with Crippen LogP contribution in [-0.2, 0) is 14.3 Å². The van der Waals surface area contributed by atoms with Gasteiger partial charge in [0.1, 0.15) is 0 Å². The van der Waals surface area contributed by atoms with E-state index >= 15 is 0 Å². The second-order valence-electron chi connectivity index (χ2n) is 4.04. The van der Waals surface area contributed by atoms with Gasteiger partial charge in [0, 0.05) is 19.0 Å². The van der Waals surface area contributed by atoms with Crippen molar-refractivity contribution in [1.82, 2.24) is 5.32 Å². The molecule has 1 N–H and O–H groups in total. The minimum atomic E-state index is -0.861. The Morgan fingerprint density at radius 2 is 1.94 bits per heavy atom. The van der Waals surface area contributed by atoms with Gasteiger partial charge in [-0.2, -0.15) is 0 Å². The van der Waals surface area contributed by atoms with Crippen LogP contribution in [0.2, 0.25) is 0 Å². The van der Waals surface area contributed by atoms with Crippen molar-refractivity contribution in [3.63, 3.8) is 0 Å². The van der Waals surface area contributed by atoms with Crippen molar-refractivity contribution in [2.45, 2.75) is 32.8 Å². The summed E-state index contributed by atoms with van der Waals surface area (Å²) < 4.78 is 5.08. The second-order valence-corrected chi connectivity index (χ2v) is 4.04. The van der Waals surface area contributed by atoms with E-state index in [4.69, 9.17) is 4.74 Å². The number of hydrogen-bond donors (Lipinski definition) is 1. The quantitative estimate of drug-likeness (QED) is 0.621. The van der Waals surface area contributed by atoms with E-state index in [2.05, 4.69) is 5.32 Å². The molecule has 0 spiro atoms. The molecule has 4 nitrogen and oxygen atoms in total. The maximum atomic E-state index is 12.0. The van der Waals surface area contributed by atoms with Crippen molar-refractivity contribution in [2.24, 2.45) is 0 Å². The number of carbonyl (C=O) groups excluding carboxylic acids is 2. The molecule has 18 heavy (non-hydrogen) atoms. The Hall–Kier alpha value is -1.84. The third kappa shape index (κ3) is 4.57. The van der Waals surface area contributed by atoms with Crippen molar-refractivity contribution in [1.29, 1.82) is 0 Å². The van der Waals surface area contributed by atoms with Crippen LogP contribution < -0.4 is 5.32 Å². The normalized spacial score (nSPS) is 11.7. The van der Waals surface area contributed by atoms with E-state index in [1.807, 2.05) is 25.1 Å². The van der Waals surface area contributed by atoms with Crippen LogP contribution in [0.25, 0.3) is 0 Å². The van der Waals surface area contributed by atoms with Gasteiger partial charge < -0.3 is 10.1 Å². The van der Waals surface area contributed by atoms with Gasteiger partial charge in [0.05, 0.1) is 0 Å². The molecule has 98 valence electrons. The number of nitrogens with one attached hydrogen (secondary N) is 1. The van der Waals surface area contributed by atoms with Crippen LogP contribution in [0.4, 0.5) is 0 Å². The van der Waals surface area contributed by atoms with Gasteiger partial charge in [0.25, 0.3) is 5.91 Å². The first-order valence-electron chi connectivity index (χ1n) is 6.15. The molecule has 1 aromatic carbocycles. The summed E-state index contributed by atoms with van der Waals surface area (Å²) in [5.74, 6) is -0.737. The van der Waals surface area contributed by atoms with E-state index < -0.39 is 12.1 Å². The van der Waals surface area contributed by atoms with Crippen LogP contribution in [0.1, 0.15) is 38.4 Å². The second kappa shape index (κ2) is 7.48. The third-order valence-electron chi connectivity index (χ3n) is 2.45. The molecule has 1 amide bonds. The number of rotatable bonds is 6. The lowest BCUT2D eigenvalue weighted by Gasteiger charge is -2.16. The summed E-state index contributed by atoms with van der Waals surface area (Å²) in [5.41, 5.74) is 0.682. The smallest absolute Gasteiger partial charge is 0.303 e. The van der Waals surface area contributed by atoms with Gasteiger partial charge in [-0.25, -0.2) is 0 Å². The van der Waals surface area contributed by atoms with E-state index in [0.29, 0.717) is 12.1 Å². The average Bonchev–Trinajstić information content (AvgIpc) is 2.37. The van der Waals surface area contributed by atoms with E-state index in [0.717, 1.165) is 12.8 Å². The van der Waals surface area contributed by atoms with Gasteiger partial charge in [0.2, 0.25) is 6.10 Å². The van der Waals surface area contributed by atoms with E-state index in [9.17, 15) is 9.59 Å². The summed E-state index contributed by atoms with van der Waals surface area (Å²) in [6.45, 7) is 3.95. The van der Waals surface area contributed by atoms with E-state index in [-0.39, 0.29) is 5.91 Å². The molecule has 0 heterocycles. The van der Waals surface area contributed by atoms with Crippen LogP contribution in [-0.4, -0.2) is 18.4 Å². The largest absolute Gasteiger partial charge is 0.447 e. The molecule has 0 fully saturated rings. The Bertz CT molecular complexity index is 389. The first-order chi connectivity index (χ1) is 8.65. The van der Waals surface area contributed by atoms with E-state index in [1.165, 1.54) is 6.92 Å². The lowest BCUT2D eigenvalue weighted by Crippen LogP contribution is -2.32. The van der Waals surface area contributed by atoms with Gasteiger partial charge in [-0.15, -0.1) is 0 Å². The first kappa shape index (κ1) is 14.2. The zero-order valence-electron chi connectivity index (χ0n) is 10.8. The fourth-order valence-electron chi connectivity index (χ4n) is 1.55. The van der Waals surface area contributed by atoms with Crippen molar-refractivity contribution < 1.29 is 14.3 Å². The summed E-state index contributed by atoms with van der Waals surface area (Å²) in [6.07, 6.45) is 1.05. The molecule has 0 aliphatic carbocycles. The monoisotopic (exact) mass is 249 g/mol. The number of ether oxygens (including phenoxy) is 1. The Morgan fingerprint density at radius 3 is 2.50 bits per heavy atom. The number of amides is 1. The highest BCUT2D eigenvalue weighted by Gasteiger charge is 2.22. The highest BCUT2D eigenvalue weighted by atomic mass is 16.5. The third-order valence-corrected chi connectivity index (χ3v) is 2.45. The summed E-state index contributed by atoms with van der Waals surface area (Å²) in [5, 5.41) is 2.77. The van der Waals surface area contributed by atoms with Gasteiger partial charge >= 0.3 is 5.97 Å². The molecule has 0 aromatic heterocycles. The van der Waals surface area contributed by atoms with Gasteiger partial charge in [-0.05, 0) is 6.42 Å². The number of hydrogen-bond acceptors (Lipinski definition) is 3. The maximum Gasteiger partial charge on any atom is 0.303 e. The molecule has 0 unspecified atom stereocenters. The van der Waals surface area contributed by atoms with Crippen molar-refractivity contribution >= 4 is 11.9 Å². The Labute approximate surface area is 107 Å². The maximum absolute atomic E-state index is 12.0. The summed E-state index contributed by atoms with van der Waals surface area (Å²) >= 11 is 0. The highest BCUT2D eigenvalue weighted by molar-refractivity contribution is 5.84. The summed E-state index contributed by atoms with van der Waals surface area (Å²) in [7, 11) is 0.